The molecule has 0 atom stereocenters. The minimum Gasteiger partial charge on any atom is -0.493 e. The van der Waals surface area contributed by atoms with Gasteiger partial charge < -0.3 is 10.1 Å². The van der Waals surface area contributed by atoms with Gasteiger partial charge in [-0.05, 0) is 37.4 Å². The molecular weight excluding hydrogens is 314 g/mol. The van der Waals surface area contributed by atoms with Gasteiger partial charge in [0.2, 0.25) is 0 Å². The van der Waals surface area contributed by atoms with E-state index in [-0.39, 0.29) is 11.9 Å². The van der Waals surface area contributed by atoms with Gasteiger partial charge in [0.1, 0.15) is 11.3 Å². The fraction of sp³-hybridized carbons (Fsp3) is 0.375. The largest absolute Gasteiger partial charge is 0.493 e. The number of nitrogens with one attached hydrogen (secondary N) is 1. The fourth-order valence-corrected chi connectivity index (χ4v) is 4.15. The first-order valence-electron chi connectivity index (χ1n) is 7.54. The number of carbonyl (C=O) groups excluding carboxylic acids is 2. The summed E-state index contributed by atoms with van der Waals surface area (Å²) in [4.78, 5) is 25.8. The first-order chi connectivity index (χ1) is 11.0. The molecule has 6 nitrogen and oxygen atoms in total. The average molecular weight is 331 g/mol. The van der Waals surface area contributed by atoms with Crippen molar-refractivity contribution in [1.29, 1.82) is 0 Å². The number of para-hydroxylation sites is 1. The van der Waals surface area contributed by atoms with E-state index < -0.39 is 5.54 Å². The Morgan fingerprint density at radius 1 is 1.26 bits per heavy atom. The van der Waals surface area contributed by atoms with Crippen LogP contribution in [0.25, 0.3) is 5.57 Å². The molecule has 4 rings (SSSR count). The van der Waals surface area contributed by atoms with Gasteiger partial charge in [-0.2, -0.15) is 5.01 Å². The Morgan fingerprint density at radius 3 is 2.78 bits per heavy atom. The summed E-state index contributed by atoms with van der Waals surface area (Å²) in [6.07, 6.45) is 0.776. The van der Waals surface area contributed by atoms with Gasteiger partial charge in [-0.3, -0.25) is 4.79 Å². The van der Waals surface area contributed by atoms with E-state index in [0.29, 0.717) is 13.2 Å². The standard InChI is InChI=1S/C16H17N3O3S/c1-16(2)14(20)19(15(21)17-16)18-9-11-10-5-3-4-6-12(10)22-8-7-13(11)23-18/h3-6H,7-9H2,1-2H3,(H,17,21). The lowest BCUT2D eigenvalue weighted by atomic mass is 10.0. The van der Waals surface area contributed by atoms with Crippen molar-refractivity contribution in [3.8, 4) is 5.75 Å². The van der Waals surface area contributed by atoms with Crippen LogP contribution < -0.4 is 10.1 Å². The van der Waals surface area contributed by atoms with Crippen LogP contribution in [0.3, 0.4) is 0 Å². The van der Waals surface area contributed by atoms with Crippen molar-refractivity contribution in [2.45, 2.75) is 25.8 Å². The van der Waals surface area contributed by atoms with Gasteiger partial charge in [0.05, 0.1) is 13.2 Å². The van der Waals surface area contributed by atoms with Gasteiger partial charge in [-0.25, -0.2) is 4.79 Å². The molecule has 0 radical (unpaired) electrons. The van der Waals surface area contributed by atoms with Gasteiger partial charge >= 0.3 is 6.03 Å². The summed E-state index contributed by atoms with van der Waals surface area (Å²) < 4.78 is 7.54. The minimum atomic E-state index is -0.862. The molecule has 1 aromatic carbocycles. The lowest BCUT2D eigenvalue weighted by molar-refractivity contribution is -0.136. The van der Waals surface area contributed by atoms with Gasteiger partial charge in [-0.15, -0.1) is 4.41 Å². The molecule has 0 aliphatic carbocycles. The molecular formula is C16H17N3O3S. The molecule has 23 heavy (non-hydrogen) atoms. The highest BCUT2D eigenvalue weighted by Crippen LogP contribution is 2.45. The summed E-state index contributed by atoms with van der Waals surface area (Å²) in [6, 6.07) is 7.53. The molecule has 1 fully saturated rings. The van der Waals surface area contributed by atoms with Crippen LogP contribution in [0.5, 0.6) is 5.75 Å². The van der Waals surface area contributed by atoms with E-state index in [0.717, 1.165) is 28.2 Å². The number of rotatable bonds is 1. The van der Waals surface area contributed by atoms with E-state index in [1.54, 1.807) is 18.3 Å². The van der Waals surface area contributed by atoms with Crippen molar-refractivity contribution in [2.24, 2.45) is 0 Å². The lowest BCUT2D eigenvalue weighted by Crippen LogP contribution is -2.44. The zero-order chi connectivity index (χ0) is 16.2. The number of hydrazine groups is 1. The molecule has 3 amide bonds. The first-order valence-corrected chi connectivity index (χ1v) is 8.31. The number of benzene rings is 1. The van der Waals surface area contributed by atoms with Crippen molar-refractivity contribution in [2.75, 3.05) is 13.2 Å². The molecule has 3 heterocycles. The summed E-state index contributed by atoms with van der Waals surface area (Å²) in [5.41, 5.74) is 1.31. The molecule has 0 saturated carbocycles. The molecule has 0 bridgehead atoms. The summed E-state index contributed by atoms with van der Waals surface area (Å²) >= 11 is 1.45. The number of nitrogens with zero attached hydrogens (tertiary/aromatic N) is 2. The third kappa shape index (κ3) is 2.22. The summed E-state index contributed by atoms with van der Waals surface area (Å²) in [7, 11) is 0. The molecule has 120 valence electrons. The average Bonchev–Trinajstić information content (AvgIpc) is 2.92. The Morgan fingerprint density at radius 2 is 2.04 bits per heavy atom. The highest BCUT2D eigenvalue weighted by Gasteiger charge is 2.49. The Labute approximate surface area is 138 Å². The quantitative estimate of drug-likeness (QED) is 0.632. The molecule has 0 unspecified atom stereocenters. The van der Waals surface area contributed by atoms with Gasteiger partial charge in [0.15, 0.2) is 0 Å². The molecule has 1 aromatic rings. The maximum atomic E-state index is 12.5. The van der Waals surface area contributed by atoms with Crippen LogP contribution in [0.15, 0.2) is 29.2 Å². The topological polar surface area (TPSA) is 61.9 Å². The molecule has 3 aliphatic heterocycles. The van der Waals surface area contributed by atoms with Crippen LogP contribution in [-0.4, -0.2) is 40.1 Å². The molecule has 7 heteroatoms. The van der Waals surface area contributed by atoms with E-state index in [1.807, 2.05) is 24.3 Å². The zero-order valence-corrected chi connectivity index (χ0v) is 13.8. The van der Waals surface area contributed by atoms with Gasteiger partial charge in [0, 0.05) is 16.9 Å². The molecule has 1 saturated heterocycles. The number of urea groups is 1. The number of imide groups is 1. The smallest absolute Gasteiger partial charge is 0.340 e. The molecule has 3 aliphatic rings. The van der Waals surface area contributed by atoms with E-state index in [2.05, 4.69) is 5.32 Å². The zero-order valence-electron chi connectivity index (χ0n) is 13.0. The number of hydrogen-bond acceptors (Lipinski definition) is 5. The molecule has 1 N–H and O–H groups in total. The summed E-state index contributed by atoms with van der Waals surface area (Å²) in [5.74, 6) is 0.634. The third-order valence-electron chi connectivity index (χ3n) is 4.21. The number of amides is 3. The fourth-order valence-electron chi connectivity index (χ4n) is 3.01. The molecule has 0 spiro atoms. The summed E-state index contributed by atoms with van der Waals surface area (Å²) in [5, 5.41) is 3.95. The van der Waals surface area contributed by atoms with Crippen molar-refractivity contribution in [1.82, 2.24) is 14.7 Å². The van der Waals surface area contributed by atoms with Crippen LogP contribution in [0.4, 0.5) is 4.79 Å². The molecule has 0 aromatic heterocycles. The monoisotopic (exact) mass is 331 g/mol. The van der Waals surface area contributed by atoms with Gasteiger partial charge in [0.25, 0.3) is 5.91 Å². The summed E-state index contributed by atoms with van der Waals surface area (Å²) in [6.45, 7) is 4.54. The number of ether oxygens (including phenoxy) is 1. The Kier molecular flexibility index (Phi) is 3.18. The SMILES string of the molecule is CC1(C)NC(=O)N(N2CC3=C(CCOc4ccccc43)S2)C1=O. The second-order valence-corrected chi connectivity index (χ2v) is 7.37. The van der Waals surface area contributed by atoms with Crippen LogP contribution in [-0.2, 0) is 4.79 Å². The van der Waals surface area contributed by atoms with Crippen molar-refractivity contribution in [3.05, 3.63) is 34.7 Å². The first kappa shape index (κ1) is 14.6. The Bertz CT molecular complexity index is 744. The van der Waals surface area contributed by atoms with Crippen LogP contribution in [0, 0.1) is 0 Å². The van der Waals surface area contributed by atoms with E-state index in [1.165, 1.54) is 17.0 Å². The van der Waals surface area contributed by atoms with Crippen LogP contribution in [0.2, 0.25) is 0 Å². The van der Waals surface area contributed by atoms with Gasteiger partial charge in [-0.1, -0.05) is 18.2 Å². The normalized spacial score (nSPS) is 23.3. The second-order valence-electron chi connectivity index (χ2n) is 6.27. The lowest BCUT2D eigenvalue weighted by Gasteiger charge is -2.25. The van der Waals surface area contributed by atoms with Crippen molar-refractivity contribution < 1.29 is 14.3 Å². The highest BCUT2D eigenvalue weighted by atomic mass is 32.2. The minimum absolute atomic E-state index is 0.225. The second kappa shape index (κ2) is 5.01. The van der Waals surface area contributed by atoms with E-state index >= 15 is 0 Å². The van der Waals surface area contributed by atoms with Crippen molar-refractivity contribution in [3.63, 3.8) is 0 Å². The van der Waals surface area contributed by atoms with E-state index in [4.69, 9.17) is 4.74 Å². The Hall–Kier alpha value is -1.99. The van der Waals surface area contributed by atoms with Crippen LogP contribution in [0.1, 0.15) is 25.8 Å². The number of carbonyl (C=O) groups is 2. The maximum Gasteiger partial charge on any atom is 0.340 e. The predicted octanol–water partition coefficient (Wildman–Crippen LogP) is 2.39. The third-order valence-corrected chi connectivity index (χ3v) is 5.38. The number of fused-ring (bicyclic) bond motifs is 2. The van der Waals surface area contributed by atoms with Crippen molar-refractivity contribution >= 4 is 29.5 Å². The Balaban J connectivity index is 1.65. The number of hydrogen-bond donors (Lipinski definition) is 1. The van der Waals surface area contributed by atoms with Crippen LogP contribution >= 0.6 is 11.9 Å². The highest BCUT2D eigenvalue weighted by molar-refractivity contribution is 8.01. The van der Waals surface area contributed by atoms with E-state index in [9.17, 15) is 9.59 Å². The predicted molar refractivity (Wildman–Crippen MR) is 87.2 cm³/mol. The maximum absolute atomic E-state index is 12.5.